The van der Waals surface area contributed by atoms with Crippen LogP contribution in [0, 0.1) is 17.1 Å². The summed E-state index contributed by atoms with van der Waals surface area (Å²) >= 11 is 0. The van der Waals surface area contributed by atoms with Crippen LogP contribution in [0.1, 0.15) is 24.8 Å². The van der Waals surface area contributed by atoms with E-state index in [1.807, 2.05) is 25.1 Å². The topological polar surface area (TPSA) is 67.5 Å². The molecule has 0 amide bonds. The molecule has 2 N–H and O–H groups in total. The van der Waals surface area contributed by atoms with E-state index in [4.69, 9.17) is 5.26 Å². The molecule has 26 heavy (non-hydrogen) atoms. The van der Waals surface area contributed by atoms with Crippen molar-refractivity contribution >= 4 is 0 Å². The first kappa shape index (κ1) is 21.8. The first-order valence-electron chi connectivity index (χ1n) is 8.52. The van der Waals surface area contributed by atoms with Gasteiger partial charge in [-0.25, -0.2) is 4.39 Å². The van der Waals surface area contributed by atoms with Crippen molar-refractivity contribution in [2.45, 2.75) is 24.9 Å². The largest absolute Gasteiger partial charge is 0.392 e. The second-order valence-corrected chi connectivity index (χ2v) is 6.34. The zero-order valence-electron chi connectivity index (χ0n) is 15.5. The van der Waals surface area contributed by atoms with E-state index in [0.29, 0.717) is 29.6 Å². The summed E-state index contributed by atoms with van der Waals surface area (Å²) in [5.74, 6) is -0.388. The molecule has 0 saturated heterocycles. The highest BCUT2D eigenvalue weighted by Crippen LogP contribution is 2.38. The quantitative estimate of drug-likeness (QED) is 0.630. The Kier molecular flexibility index (Phi) is 8.94. The maximum absolute atomic E-state index is 13.4. The lowest BCUT2D eigenvalue weighted by molar-refractivity contribution is 0.0627. The van der Waals surface area contributed by atoms with Gasteiger partial charge < -0.3 is 15.1 Å². The highest BCUT2D eigenvalue weighted by Gasteiger charge is 2.34. The predicted molar refractivity (Wildman–Crippen MR) is 102 cm³/mol. The van der Waals surface area contributed by atoms with Gasteiger partial charge in [0, 0.05) is 0 Å². The van der Waals surface area contributed by atoms with Crippen LogP contribution >= 0.6 is 0 Å². The second-order valence-electron chi connectivity index (χ2n) is 6.34. The maximum atomic E-state index is 13.4. The Hall–Kier alpha value is -2.26. The summed E-state index contributed by atoms with van der Waals surface area (Å²) in [6, 6.07) is 7.70. The smallest absolute Gasteiger partial charge is 0.123 e. The number of rotatable bonds is 10. The summed E-state index contributed by atoms with van der Waals surface area (Å²) < 4.78 is 13.4. The van der Waals surface area contributed by atoms with Crippen molar-refractivity contribution in [3.8, 4) is 6.07 Å². The third-order valence-electron chi connectivity index (χ3n) is 4.15. The van der Waals surface area contributed by atoms with Crippen LogP contribution in [-0.4, -0.2) is 42.4 Å². The van der Waals surface area contributed by atoms with E-state index < -0.39 is 5.60 Å². The van der Waals surface area contributed by atoms with E-state index in [2.05, 4.69) is 6.58 Å². The summed E-state index contributed by atoms with van der Waals surface area (Å²) in [7, 11) is 3.90. The van der Waals surface area contributed by atoms with E-state index in [9.17, 15) is 14.6 Å². The zero-order valence-corrected chi connectivity index (χ0v) is 15.5. The van der Waals surface area contributed by atoms with Crippen molar-refractivity contribution in [2.24, 2.45) is 0 Å². The van der Waals surface area contributed by atoms with Gasteiger partial charge in [-0.2, -0.15) is 5.26 Å². The molecule has 1 atom stereocenters. The van der Waals surface area contributed by atoms with Crippen LogP contribution in [-0.2, 0) is 5.60 Å². The molecule has 0 bridgehead atoms. The molecule has 0 fully saturated rings. The van der Waals surface area contributed by atoms with Gasteiger partial charge in [0.1, 0.15) is 11.4 Å². The minimum absolute atomic E-state index is 0.113. The Morgan fingerprint density at radius 1 is 1.35 bits per heavy atom. The van der Waals surface area contributed by atoms with Crippen LogP contribution < -0.4 is 0 Å². The number of hydrogen-bond donors (Lipinski definition) is 2. The van der Waals surface area contributed by atoms with Gasteiger partial charge in [0.25, 0.3) is 0 Å². The molecule has 4 nitrogen and oxygen atoms in total. The normalized spacial score (nSPS) is 14.8. The van der Waals surface area contributed by atoms with Crippen LogP contribution in [0.15, 0.2) is 60.2 Å². The molecule has 0 radical (unpaired) electrons. The SMILES string of the molecule is C=C/C=C(\C(=C/CC#N)CO)C(O)(CCCN(C)C)c1ccc(F)cc1. The number of aliphatic hydroxyl groups is 2. The molecule has 1 aromatic carbocycles. The van der Waals surface area contributed by atoms with Crippen LogP contribution in [0.2, 0.25) is 0 Å². The van der Waals surface area contributed by atoms with Gasteiger partial charge in [0.05, 0.1) is 19.1 Å². The van der Waals surface area contributed by atoms with Gasteiger partial charge >= 0.3 is 0 Å². The molecule has 0 saturated carbocycles. The predicted octanol–water partition coefficient (Wildman–Crippen LogP) is 3.30. The van der Waals surface area contributed by atoms with Gasteiger partial charge in [-0.15, -0.1) is 0 Å². The molecule has 0 aliphatic heterocycles. The van der Waals surface area contributed by atoms with Gasteiger partial charge in [-0.3, -0.25) is 0 Å². The molecule has 0 spiro atoms. The number of nitrogens with zero attached hydrogens (tertiary/aromatic N) is 2. The number of halogens is 1. The van der Waals surface area contributed by atoms with Crippen molar-refractivity contribution in [3.05, 3.63) is 71.6 Å². The minimum Gasteiger partial charge on any atom is -0.392 e. The Morgan fingerprint density at radius 2 is 2.00 bits per heavy atom. The second kappa shape index (κ2) is 10.7. The summed E-state index contributed by atoms with van der Waals surface area (Å²) in [6.45, 7) is 4.14. The molecule has 0 aliphatic carbocycles. The molecule has 140 valence electrons. The minimum atomic E-state index is -1.43. The van der Waals surface area contributed by atoms with Gasteiger partial charge in [0.15, 0.2) is 0 Å². The molecule has 0 aliphatic rings. The Bertz CT molecular complexity index is 687. The highest BCUT2D eigenvalue weighted by molar-refractivity contribution is 5.46. The molecule has 0 heterocycles. The Balaban J connectivity index is 3.42. The lowest BCUT2D eigenvalue weighted by Gasteiger charge is -2.33. The van der Waals surface area contributed by atoms with Crippen LogP contribution in [0.5, 0.6) is 0 Å². The van der Waals surface area contributed by atoms with Crippen molar-refractivity contribution in [1.82, 2.24) is 4.90 Å². The Morgan fingerprint density at radius 3 is 2.50 bits per heavy atom. The van der Waals surface area contributed by atoms with Crippen molar-refractivity contribution in [3.63, 3.8) is 0 Å². The van der Waals surface area contributed by atoms with Gasteiger partial charge in [-0.1, -0.05) is 36.9 Å². The molecule has 0 aromatic heterocycles. The fourth-order valence-electron chi connectivity index (χ4n) is 2.87. The lowest BCUT2D eigenvalue weighted by atomic mass is 9.78. The number of allylic oxidation sites excluding steroid dienone is 3. The number of benzene rings is 1. The summed E-state index contributed by atoms with van der Waals surface area (Å²) in [5.41, 5.74) is 0.0304. The lowest BCUT2D eigenvalue weighted by Crippen LogP contribution is -2.31. The summed E-state index contributed by atoms with van der Waals surface area (Å²) in [6.07, 6.45) is 5.94. The molecule has 1 unspecified atom stereocenters. The average Bonchev–Trinajstić information content (AvgIpc) is 2.61. The van der Waals surface area contributed by atoms with Crippen LogP contribution in [0.4, 0.5) is 4.39 Å². The standard InChI is InChI=1S/C21H27FN2O2/c1-4-7-20(17(16-25)8-5-14-23)21(26,13-6-15-24(2)3)18-9-11-19(22)12-10-18/h4,7-12,25-26H,1,5-6,13,15-16H2,2-3H3/b17-8-,20-7+. The van der Waals surface area contributed by atoms with Crippen LogP contribution in [0.25, 0.3) is 0 Å². The van der Waals surface area contributed by atoms with E-state index in [1.54, 1.807) is 24.3 Å². The number of aliphatic hydroxyl groups excluding tert-OH is 1. The Labute approximate surface area is 155 Å². The summed E-state index contributed by atoms with van der Waals surface area (Å²) in [5, 5.41) is 30.2. The molecule has 1 rings (SSSR count). The fraction of sp³-hybridized carbons (Fsp3) is 0.381. The first-order valence-corrected chi connectivity index (χ1v) is 8.52. The third kappa shape index (κ3) is 5.92. The number of hydrogen-bond acceptors (Lipinski definition) is 4. The van der Waals surface area contributed by atoms with Crippen molar-refractivity contribution in [1.29, 1.82) is 5.26 Å². The molecule has 5 heteroatoms. The highest BCUT2D eigenvalue weighted by atomic mass is 19.1. The van der Waals surface area contributed by atoms with Gasteiger partial charge in [0.2, 0.25) is 0 Å². The molecular weight excluding hydrogens is 331 g/mol. The zero-order chi connectivity index (χ0) is 19.6. The molecule has 1 aromatic rings. The van der Waals surface area contributed by atoms with Gasteiger partial charge in [-0.05, 0) is 62.3 Å². The maximum Gasteiger partial charge on any atom is 0.123 e. The average molecular weight is 358 g/mol. The van der Waals surface area contributed by atoms with E-state index >= 15 is 0 Å². The monoisotopic (exact) mass is 358 g/mol. The van der Waals surface area contributed by atoms with E-state index in [1.165, 1.54) is 18.2 Å². The molecular formula is C21H27FN2O2. The number of nitriles is 1. The van der Waals surface area contributed by atoms with E-state index in [-0.39, 0.29) is 18.8 Å². The van der Waals surface area contributed by atoms with Crippen LogP contribution in [0.3, 0.4) is 0 Å². The third-order valence-corrected chi connectivity index (χ3v) is 4.15. The van der Waals surface area contributed by atoms with Crippen molar-refractivity contribution < 1.29 is 14.6 Å². The first-order chi connectivity index (χ1) is 12.4. The summed E-state index contributed by atoms with van der Waals surface area (Å²) in [4.78, 5) is 2.01. The van der Waals surface area contributed by atoms with E-state index in [0.717, 1.165) is 6.54 Å². The van der Waals surface area contributed by atoms with Crippen molar-refractivity contribution in [2.75, 3.05) is 27.2 Å². The fourth-order valence-corrected chi connectivity index (χ4v) is 2.87.